The third-order valence-corrected chi connectivity index (χ3v) is 1.11. The third-order valence-electron chi connectivity index (χ3n) is 1.11. The van der Waals surface area contributed by atoms with Crippen molar-refractivity contribution in [1.82, 2.24) is 5.32 Å². The molecule has 1 N–H and O–H groups in total. The predicted molar refractivity (Wildman–Crippen MR) is 31.9 cm³/mol. The summed E-state index contributed by atoms with van der Waals surface area (Å²) in [4.78, 5) is 0. The van der Waals surface area contributed by atoms with Crippen LogP contribution in [0.2, 0.25) is 6.32 Å². The van der Waals surface area contributed by atoms with Crippen LogP contribution in [0.4, 0.5) is 0 Å². The molecule has 0 bridgehead atoms. The predicted octanol–water partition coefficient (Wildman–Crippen LogP) is -0.354. The molecule has 1 atom stereocenters. The summed E-state index contributed by atoms with van der Waals surface area (Å²) in [6.07, 6.45) is 1.22. The van der Waals surface area contributed by atoms with Gasteiger partial charge < -0.3 is 5.32 Å². The van der Waals surface area contributed by atoms with Gasteiger partial charge in [0.2, 0.25) is 0 Å². The van der Waals surface area contributed by atoms with Gasteiger partial charge in [0.15, 0.2) is 0 Å². The molecular weight excluding hydrogens is 72.9 g/mol. The fourth-order valence-corrected chi connectivity index (χ4v) is 0.204. The zero-order chi connectivity index (χ0) is 4.99. The fourth-order valence-electron chi connectivity index (χ4n) is 0.204. The highest BCUT2D eigenvalue weighted by Gasteiger charge is 1.86. The lowest BCUT2D eigenvalue weighted by molar-refractivity contribution is 0.667. The van der Waals surface area contributed by atoms with Gasteiger partial charge in [0.1, 0.15) is 7.85 Å². The lowest BCUT2D eigenvalue weighted by Crippen LogP contribution is -2.19. The molecule has 36 valence electrons. The maximum atomic E-state index is 3.11. The summed E-state index contributed by atoms with van der Waals surface area (Å²) in [6.45, 7) is 2.17. The molecule has 0 aliphatic carbocycles. The fraction of sp³-hybridized carbons (Fsp3) is 1.00. The molecule has 0 fully saturated rings. The molecule has 0 saturated heterocycles. The standard InChI is InChI=1S/C4H12BN/c1-4(3-5)6-2/h4,6H,3,5H2,1-2H3. The highest BCUT2D eigenvalue weighted by molar-refractivity contribution is 6.08. The molecular formula is C4H12BN. The van der Waals surface area contributed by atoms with Gasteiger partial charge in [-0.1, -0.05) is 13.2 Å². The van der Waals surface area contributed by atoms with E-state index in [1.807, 2.05) is 7.05 Å². The molecule has 1 unspecified atom stereocenters. The zero-order valence-corrected chi connectivity index (χ0v) is 4.78. The second-order valence-corrected chi connectivity index (χ2v) is 1.60. The monoisotopic (exact) mass is 85.1 g/mol. The number of hydrogen-bond donors (Lipinski definition) is 1. The van der Waals surface area contributed by atoms with Gasteiger partial charge in [0, 0.05) is 0 Å². The third kappa shape index (κ3) is 2.27. The van der Waals surface area contributed by atoms with Gasteiger partial charge in [-0.2, -0.15) is 0 Å². The van der Waals surface area contributed by atoms with Crippen LogP contribution in [-0.4, -0.2) is 20.9 Å². The molecule has 0 aromatic rings. The maximum absolute atomic E-state index is 3.11. The largest absolute Gasteiger partial charge is 0.318 e. The number of rotatable bonds is 2. The quantitative estimate of drug-likeness (QED) is 0.451. The Hall–Kier alpha value is 0.0249. The first kappa shape index (κ1) is 6.02. The molecule has 0 aromatic heterocycles. The first-order chi connectivity index (χ1) is 2.81. The molecule has 2 heteroatoms. The number of hydrogen-bond acceptors (Lipinski definition) is 1. The maximum Gasteiger partial charge on any atom is 0.103 e. The van der Waals surface area contributed by atoms with Crippen molar-refractivity contribution in [2.45, 2.75) is 19.3 Å². The highest BCUT2D eigenvalue weighted by Crippen LogP contribution is 1.80. The molecule has 6 heavy (non-hydrogen) atoms. The average molecular weight is 85.0 g/mol. The Morgan fingerprint density at radius 2 is 2.33 bits per heavy atom. The van der Waals surface area contributed by atoms with E-state index < -0.39 is 0 Å². The van der Waals surface area contributed by atoms with Gasteiger partial charge in [0.25, 0.3) is 0 Å². The van der Waals surface area contributed by atoms with E-state index in [2.05, 4.69) is 20.1 Å². The Balaban J connectivity index is 2.75. The summed E-state index contributed by atoms with van der Waals surface area (Å²) >= 11 is 0. The second kappa shape index (κ2) is 3.22. The van der Waals surface area contributed by atoms with Crippen molar-refractivity contribution in [3.05, 3.63) is 0 Å². The van der Waals surface area contributed by atoms with E-state index in [0.717, 1.165) is 0 Å². The Kier molecular flexibility index (Phi) is 3.24. The van der Waals surface area contributed by atoms with E-state index in [-0.39, 0.29) is 0 Å². The van der Waals surface area contributed by atoms with Crippen molar-refractivity contribution in [3.63, 3.8) is 0 Å². The van der Waals surface area contributed by atoms with E-state index in [0.29, 0.717) is 6.04 Å². The van der Waals surface area contributed by atoms with E-state index in [9.17, 15) is 0 Å². The van der Waals surface area contributed by atoms with Gasteiger partial charge in [-0.15, -0.1) is 0 Å². The van der Waals surface area contributed by atoms with Crippen molar-refractivity contribution in [2.24, 2.45) is 0 Å². The summed E-state index contributed by atoms with van der Waals surface area (Å²) in [5.41, 5.74) is 0. The van der Waals surface area contributed by atoms with Gasteiger partial charge in [0.05, 0.1) is 0 Å². The molecule has 0 radical (unpaired) electrons. The van der Waals surface area contributed by atoms with Gasteiger partial charge in [-0.25, -0.2) is 0 Å². The average Bonchev–Trinajstić information content (AvgIpc) is 1.65. The van der Waals surface area contributed by atoms with Crippen molar-refractivity contribution < 1.29 is 0 Å². The molecule has 0 saturated carbocycles. The Bertz CT molecular complexity index is 26.7. The highest BCUT2D eigenvalue weighted by atomic mass is 14.8. The van der Waals surface area contributed by atoms with Crippen LogP contribution < -0.4 is 5.32 Å². The van der Waals surface area contributed by atoms with Crippen LogP contribution in [0, 0.1) is 0 Å². The van der Waals surface area contributed by atoms with Crippen LogP contribution in [0.5, 0.6) is 0 Å². The summed E-state index contributed by atoms with van der Waals surface area (Å²) in [7, 11) is 4.15. The SMILES string of the molecule is BCC(C)NC. The summed E-state index contributed by atoms with van der Waals surface area (Å²) < 4.78 is 0. The van der Waals surface area contributed by atoms with E-state index in [1.165, 1.54) is 6.32 Å². The van der Waals surface area contributed by atoms with Crippen LogP contribution in [-0.2, 0) is 0 Å². The van der Waals surface area contributed by atoms with E-state index in [1.54, 1.807) is 0 Å². The van der Waals surface area contributed by atoms with Crippen molar-refractivity contribution >= 4 is 7.85 Å². The molecule has 0 aliphatic heterocycles. The van der Waals surface area contributed by atoms with Crippen molar-refractivity contribution in [3.8, 4) is 0 Å². The minimum atomic E-state index is 0.685. The molecule has 0 aromatic carbocycles. The van der Waals surface area contributed by atoms with Gasteiger partial charge in [-0.3, -0.25) is 0 Å². The Morgan fingerprint density at radius 3 is 2.33 bits per heavy atom. The van der Waals surface area contributed by atoms with Crippen LogP contribution in [0.15, 0.2) is 0 Å². The summed E-state index contributed by atoms with van der Waals surface area (Å²) in [5, 5.41) is 3.11. The molecule has 0 heterocycles. The number of nitrogens with one attached hydrogen (secondary N) is 1. The summed E-state index contributed by atoms with van der Waals surface area (Å²) in [5.74, 6) is 0. The topological polar surface area (TPSA) is 12.0 Å². The van der Waals surface area contributed by atoms with E-state index in [4.69, 9.17) is 0 Å². The lowest BCUT2D eigenvalue weighted by Gasteiger charge is -2.02. The van der Waals surface area contributed by atoms with Crippen molar-refractivity contribution in [1.29, 1.82) is 0 Å². The smallest absolute Gasteiger partial charge is 0.103 e. The first-order valence-corrected chi connectivity index (χ1v) is 2.48. The second-order valence-electron chi connectivity index (χ2n) is 1.60. The molecule has 0 aliphatic rings. The zero-order valence-electron chi connectivity index (χ0n) is 4.78. The first-order valence-electron chi connectivity index (χ1n) is 2.48. The van der Waals surface area contributed by atoms with Gasteiger partial charge >= 0.3 is 0 Å². The minimum Gasteiger partial charge on any atom is -0.318 e. The van der Waals surface area contributed by atoms with Crippen LogP contribution >= 0.6 is 0 Å². The molecule has 0 spiro atoms. The van der Waals surface area contributed by atoms with Crippen LogP contribution in [0.3, 0.4) is 0 Å². The Labute approximate surface area is 40.5 Å². The van der Waals surface area contributed by atoms with Crippen LogP contribution in [0.1, 0.15) is 6.92 Å². The Morgan fingerprint density at radius 1 is 1.83 bits per heavy atom. The van der Waals surface area contributed by atoms with Crippen molar-refractivity contribution in [2.75, 3.05) is 7.05 Å². The summed E-state index contributed by atoms with van der Waals surface area (Å²) in [6, 6.07) is 0.685. The normalized spacial score (nSPS) is 14.3. The van der Waals surface area contributed by atoms with Gasteiger partial charge in [-0.05, 0) is 13.1 Å². The molecule has 0 rings (SSSR count). The lowest BCUT2D eigenvalue weighted by atomic mass is 9.99. The van der Waals surface area contributed by atoms with Crippen LogP contribution in [0.25, 0.3) is 0 Å². The molecule has 1 nitrogen and oxygen atoms in total. The molecule has 0 amide bonds. The van der Waals surface area contributed by atoms with E-state index >= 15 is 0 Å². The minimum absolute atomic E-state index is 0.685.